The van der Waals surface area contributed by atoms with E-state index in [0.717, 1.165) is 25.4 Å². The molecule has 3 rings (SSSR count). The highest BCUT2D eigenvalue weighted by Gasteiger charge is 2.19. The zero-order chi connectivity index (χ0) is 11.5. The number of hydrogen-bond donors (Lipinski definition) is 1. The molecule has 1 aliphatic heterocycles. The molecule has 0 amide bonds. The summed E-state index contributed by atoms with van der Waals surface area (Å²) in [5.74, 6) is 0.865. The molecule has 1 saturated carbocycles. The van der Waals surface area contributed by atoms with Crippen LogP contribution in [0.15, 0.2) is 6.33 Å². The average molecular weight is 231 g/mol. The lowest BCUT2D eigenvalue weighted by Gasteiger charge is -2.24. The molecule has 2 aliphatic rings. The van der Waals surface area contributed by atoms with Gasteiger partial charge in [0.15, 0.2) is 0 Å². The van der Waals surface area contributed by atoms with Gasteiger partial charge in [-0.25, -0.2) is 9.97 Å². The van der Waals surface area contributed by atoms with Crippen molar-refractivity contribution in [2.75, 3.05) is 6.54 Å². The molecule has 1 N–H and O–H groups in total. The van der Waals surface area contributed by atoms with E-state index in [9.17, 15) is 0 Å². The molecule has 1 fully saturated rings. The van der Waals surface area contributed by atoms with Crippen LogP contribution in [-0.2, 0) is 19.4 Å². The molecule has 0 atom stereocenters. The van der Waals surface area contributed by atoms with E-state index in [1.54, 1.807) is 6.33 Å². The molecule has 1 aliphatic carbocycles. The third-order valence-electron chi connectivity index (χ3n) is 4.17. The lowest BCUT2D eigenvalue weighted by molar-refractivity contribution is 0.352. The van der Waals surface area contributed by atoms with Crippen LogP contribution >= 0.6 is 0 Å². The Hall–Kier alpha value is -0.960. The Balaban J connectivity index is 1.77. The van der Waals surface area contributed by atoms with E-state index in [1.807, 2.05) is 0 Å². The lowest BCUT2D eigenvalue weighted by Crippen LogP contribution is -2.27. The Morgan fingerprint density at radius 3 is 2.94 bits per heavy atom. The van der Waals surface area contributed by atoms with E-state index in [-0.39, 0.29) is 0 Å². The summed E-state index contributed by atoms with van der Waals surface area (Å²) in [7, 11) is 0. The van der Waals surface area contributed by atoms with E-state index < -0.39 is 0 Å². The SMILES string of the molecule is c1nc2c(c(CC3CCCCC3)n1)CNCC2. The number of fused-ring (bicyclic) bond motifs is 1. The van der Waals surface area contributed by atoms with Gasteiger partial charge < -0.3 is 5.32 Å². The van der Waals surface area contributed by atoms with Gasteiger partial charge in [0.25, 0.3) is 0 Å². The summed E-state index contributed by atoms with van der Waals surface area (Å²) in [4.78, 5) is 8.96. The second-order valence-electron chi connectivity index (χ2n) is 5.38. The minimum Gasteiger partial charge on any atom is -0.312 e. The van der Waals surface area contributed by atoms with Gasteiger partial charge >= 0.3 is 0 Å². The van der Waals surface area contributed by atoms with Gasteiger partial charge in [0.05, 0.1) is 0 Å². The topological polar surface area (TPSA) is 37.8 Å². The predicted molar refractivity (Wildman–Crippen MR) is 67.7 cm³/mol. The Kier molecular flexibility index (Phi) is 3.36. The van der Waals surface area contributed by atoms with Crippen molar-refractivity contribution >= 4 is 0 Å². The smallest absolute Gasteiger partial charge is 0.115 e. The molecule has 0 radical (unpaired) electrons. The van der Waals surface area contributed by atoms with Crippen LogP contribution in [0.3, 0.4) is 0 Å². The normalized spacial score (nSPS) is 21.2. The molecule has 0 bridgehead atoms. The van der Waals surface area contributed by atoms with Crippen molar-refractivity contribution in [2.24, 2.45) is 5.92 Å². The molecular formula is C14H21N3. The van der Waals surface area contributed by atoms with Crippen LogP contribution < -0.4 is 5.32 Å². The molecule has 3 nitrogen and oxygen atoms in total. The Labute approximate surface area is 103 Å². The summed E-state index contributed by atoms with van der Waals surface area (Å²) in [5.41, 5.74) is 3.99. The zero-order valence-electron chi connectivity index (χ0n) is 10.4. The number of aromatic nitrogens is 2. The van der Waals surface area contributed by atoms with Crippen molar-refractivity contribution in [1.82, 2.24) is 15.3 Å². The maximum atomic E-state index is 4.54. The Morgan fingerprint density at radius 1 is 1.18 bits per heavy atom. The molecule has 0 aromatic carbocycles. The molecule has 0 saturated heterocycles. The van der Waals surface area contributed by atoms with E-state index >= 15 is 0 Å². The van der Waals surface area contributed by atoms with Crippen LogP contribution in [-0.4, -0.2) is 16.5 Å². The summed E-state index contributed by atoms with van der Waals surface area (Å²) in [6.07, 6.45) is 11.1. The van der Waals surface area contributed by atoms with Gasteiger partial charge in [-0.15, -0.1) is 0 Å². The van der Waals surface area contributed by atoms with Crippen LogP contribution in [0.25, 0.3) is 0 Å². The van der Waals surface area contributed by atoms with Gasteiger partial charge in [0, 0.05) is 36.5 Å². The third kappa shape index (κ3) is 2.49. The zero-order valence-corrected chi connectivity index (χ0v) is 10.4. The fourth-order valence-electron chi connectivity index (χ4n) is 3.17. The first kappa shape index (κ1) is 11.1. The van der Waals surface area contributed by atoms with Crippen molar-refractivity contribution in [3.8, 4) is 0 Å². The molecule has 1 aromatic heterocycles. The minimum atomic E-state index is 0.865. The number of rotatable bonds is 2. The maximum absolute atomic E-state index is 4.54. The van der Waals surface area contributed by atoms with E-state index in [1.165, 1.54) is 55.5 Å². The van der Waals surface area contributed by atoms with Crippen LogP contribution in [0.1, 0.15) is 49.1 Å². The average Bonchev–Trinajstić information content (AvgIpc) is 2.40. The Morgan fingerprint density at radius 2 is 2.06 bits per heavy atom. The largest absolute Gasteiger partial charge is 0.312 e. The highest BCUT2D eigenvalue weighted by atomic mass is 14.9. The lowest BCUT2D eigenvalue weighted by atomic mass is 9.85. The van der Waals surface area contributed by atoms with Crippen molar-refractivity contribution in [3.05, 3.63) is 23.3 Å². The summed E-state index contributed by atoms with van der Waals surface area (Å²) >= 11 is 0. The van der Waals surface area contributed by atoms with Gasteiger partial charge in [-0.3, -0.25) is 0 Å². The van der Waals surface area contributed by atoms with Crippen LogP contribution in [0, 0.1) is 5.92 Å². The van der Waals surface area contributed by atoms with Gasteiger partial charge in [-0.05, 0) is 12.3 Å². The fraction of sp³-hybridized carbons (Fsp3) is 0.714. The summed E-state index contributed by atoms with van der Waals surface area (Å²) in [6, 6.07) is 0. The monoisotopic (exact) mass is 231 g/mol. The van der Waals surface area contributed by atoms with Crippen LogP contribution in [0.4, 0.5) is 0 Å². The van der Waals surface area contributed by atoms with Gasteiger partial charge in [-0.2, -0.15) is 0 Å². The van der Waals surface area contributed by atoms with Crippen molar-refractivity contribution in [1.29, 1.82) is 0 Å². The van der Waals surface area contributed by atoms with Crippen LogP contribution in [0.2, 0.25) is 0 Å². The quantitative estimate of drug-likeness (QED) is 0.848. The van der Waals surface area contributed by atoms with E-state index in [2.05, 4.69) is 15.3 Å². The molecule has 3 heteroatoms. The number of nitrogens with zero attached hydrogens (tertiary/aromatic N) is 2. The van der Waals surface area contributed by atoms with Crippen molar-refractivity contribution in [2.45, 2.75) is 51.5 Å². The molecule has 92 valence electrons. The molecule has 0 spiro atoms. The molecule has 0 unspecified atom stereocenters. The molecule has 2 heterocycles. The molecule has 1 aromatic rings. The van der Waals surface area contributed by atoms with Crippen molar-refractivity contribution < 1.29 is 0 Å². The summed E-state index contributed by atoms with van der Waals surface area (Å²) in [6.45, 7) is 2.03. The first-order valence-corrected chi connectivity index (χ1v) is 6.96. The standard InChI is InChI=1S/C14H21N3/c1-2-4-11(5-3-1)8-14-12-9-15-7-6-13(12)16-10-17-14/h10-11,15H,1-9H2. The summed E-state index contributed by atoms with van der Waals surface area (Å²) < 4.78 is 0. The summed E-state index contributed by atoms with van der Waals surface area (Å²) in [5, 5.41) is 3.44. The van der Waals surface area contributed by atoms with Gasteiger partial charge in [0.2, 0.25) is 0 Å². The first-order chi connectivity index (χ1) is 8.43. The predicted octanol–water partition coefficient (Wildman–Crippen LogP) is 2.25. The van der Waals surface area contributed by atoms with E-state index in [0.29, 0.717) is 0 Å². The molecule has 17 heavy (non-hydrogen) atoms. The number of hydrogen-bond acceptors (Lipinski definition) is 3. The highest BCUT2D eigenvalue weighted by molar-refractivity contribution is 5.27. The highest BCUT2D eigenvalue weighted by Crippen LogP contribution is 2.28. The molecular weight excluding hydrogens is 210 g/mol. The minimum absolute atomic E-state index is 0.865. The van der Waals surface area contributed by atoms with E-state index in [4.69, 9.17) is 0 Å². The fourth-order valence-corrected chi connectivity index (χ4v) is 3.17. The third-order valence-corrected chi connectivity index (χ3v) is 4.17. The van der Waals surface area contributed by atoms with Crippen molar-refractivity contribution in [3.63, 3.8) is 0 Å². The second kappa shape index (κ2) is 5.13. The maximum Gasteiger partial charge on any atom is 0.115 e. The first-order valence-electron chi connectivity index (χ1n) is 6.96. The second-order valence-corrected chi connectivity index (χ2v) is 5.38. The number of nitrogens with one attached hydrogen (secondary N) is 1. The van der Waals surface area contributed by atoms with Gasteiger partial charge in [-0.1, -0.05) is 32.1 Å². The Bertz CT molecular complexity index is 383. The van der Waals surface area contributed by atoms with Gasteiger partial charge in [0.1, 0.15) is 6.33 Å². The van der Waals surface area contributed by atoms with Crippen LogP contribution in [0.5, 0.6) is 0 Å².